The molecule has 15 heteroatoms. The number of aromatic amines is 1. The molecule has 0 aromatic carbocycles. The van der Waals surface area contributed by atoms with Gasteiger partial charge in [-0.05, 0) is 51.0 Å². The van der Waals surface area contributed by atoms with Crippen molar-refractivity contribution in [2.45, 2.75) is 67.8 Å². The topological polar surface area (TPSA) is 178 Å². The Balaban J connectivity index is 1.17. The van der Waals surface area contributed by atoms with Crippen LogP contribution in [0.4, 0.5) is 5.82 Å². The first-order chi connectivity index (χ1) is 20.8. The summed E-state index contributed by atoms with van der Waals surface area (Å²) in [6, 6.07) is 3.77. The quantitative estimate of drug-likeness (QED) is 0.298. The van der Waals surface area contributed by atoms with Crippen molar-refractivity contribution in [3.05, 3.63) is 52.9 Å². The van der Waals surface area contributed by atoms with E-state index < -0.39 is 9.84 Å². The molecule has 1 amide bonds. The van der Waals surface area contributed by atoms with Crippen molar-refractivity contribution >= 4 is 38.5 Å². The number of aryl methyl sites for hydroxylation is 2. The molecule has 2 bridgehead atoms. The Hall–Kier alpha value is -4.24. The van der Waals surface area contributed by atoms with Crippen LogP contribution in [0.2, 0.25) is 0 Å². The Morgan fingerprint density at radius 1 is 1.09 bits per heavy atom. The number of amides is 1. The Morgan fingerprint density at radius 3 is 2.58 bits per heavy atom. The highest BCUT2D eigenvalue weighted by atomic mass is 32.2. The lowest BCUT2D eigenvalue weighted by atomic mass is 9.87. The monoisotopic (exact) mass is 616 g/mol. The van der Waals surface area contributed by atoms with Gasteiger partial charge >= 0.3 is 0 Å². The van der Waals surface area contributed by atoms with Crippen LogP contribution in [-0.4, -0.2) is 77.3 Å². The predicted molar refractivity (Wildman–Crippen MR) is 158 cm³/mol. The normalized spacial score (nSPS) is 21.5. The number of H-pyrrole nitrogens is 1. The summed E-state index contributed by atoms with van der Waals surface area (Å²) in [4.78, 5) is 34.9. The third-order valence-corrected chi connectivity index (χ3v) is 11.2. The van der Waals surface area contributed by atoms with Crippen molar-refractivity contribution in [1.29, 1.82) is 0 Å². The van der Waals surface area contributed by atoms with Gasteiger partial charge in [0.1, 0.15) is 22.0 Å². The summed E-state index contributed by atoms with van der Waals surface area (Å²) in [5, 5.41) is 11.8. The molecule has 2 saturated heterocycles. The summed E-state index contributed by atoms with van der Waals surface area (Å²) in [5.74, 6) is -0.156. The Bertz CT molecular complexity index is 1960. The number of pyridine rings is 1. The van der Waals surface area contributed by atoms with Gasteiger partial charge in [-0.1, -0.05) is 6.07 Å². The summed E-state index contributed by atoms with van der Waals surface area (Å²) in [7, 11) is -3.75. The van der Waals surface area contributed by atoms with Gasteiger partial charge in [-0.15, -0.1) is 11.3 Å². The summed E-state index contributed by atoms with van der Waals surface area (Å²) in [6.45, 7) is 0. The highest BCUT2D eigenvalue weighted by molar-refractivity contribution is 7.91. The van der Waals surface area contributed by atoms with E-state index in [-0.39, 0.29) is 40.4 Å². The maximum atomic E-state index is 13.2. The van der Waals surface area contributed by atoms with Gasteiger partial charge in [0.15, 0.2) is 15.5 Å². The molecule has 8 rings (SSSR count). The average molecular weight is 617 g/mol. The van der Waals surface area contributed by atoms with Crippen molar-refractivity contribution in [3.8, 4) is 21.8 Å². The number of piperidine rings is 1. The van der Waals surface area contributed by atoms with E-state index in [1.165, 1.54) is 21.4 Å². The van der Waals surface area contributed by atoms with Gasteiger partial charge < -0.3 is 10.6 Å². The molecule has 3 N–H and O–H groups in total. The van der Waals surface area contributed by atoms with Crippen molar-refractivity contribution in [3.63, 3.8) is 0 Å². The zero-order chi connectivity index (χ0) is 29.5. The van der Waals surface area contributed by atoms with E-state index in [9.17, 15) is 13.2 Å². The van der Waals surface area contributed by atoms with Crippen molar-refractivity contribution in [1.82, 2.24) is 44.6 Å². The van der Waals surface area contributed by atoms with Gasteiger partial charge in [0.2, 0.25) is 5.82 Å². The number of thiazole rings is 1. The maximum absolute atomic E-state index is 13.2. The van der Waals surface area contributed by atoms with E-state index in [0.29, 0.717) is 29.7 Å². The average Bonchev–Trinajstić information content (AvgIpc) is 3.81. The fourth-order valence-corrected chi connectivity index (χ4v) is 9.21. The summed E-state index contributed by atoms with van der Waals surface area (Å²) >= 11 is 1.70. The molecule has 5 aromatic heterocycles. The number of anilines is 1. The van der Waals surface area contributed by atoms with Gasteiger partial charge in [0.25, 0.3) is 5.91 Å². The number of fused-ring (bicyclic) bond motifs is 4. The molecule has 1 unspecified atom stereocenters. The first-order valence-corrected chi connectivity index (χ1v) is 17.0. The standard InChI is InChI=1S/C28H28N10O3S2/c1-43(40,41)23-22(15-9-16-6-7-17(10-15)37(16)28(39)25-31-13-32-36-25)35-26-18(12-33-38(26)24(23)29)14-5-8-20(30-11-14)27-34-19-3-2-4-21(19)42-27/h5,8,11-13,15-17H,2-4,6-7,9-10,29H2,1H3,(H,31,32,36)/t15?,16-,17+. The van der Waals surface area contributed by atoms with E-state index in [4.69, 9.17) is 20.7 Å². The number of aromatic nitrogens is 8. The van der Waals surface area contributed by atoms with Crippen LogP contribution in [0.15, 0.2) is 35.7 Å². The van der Waals surface area contributed by atoms with Crippen molar-refractivity contribution in [2.75, 3.05) is 12.0 Å². The zero-order valence-corrected chi connectivity index (χ0v) is 24.9. The number of nitrogens with zero attached hydrogens (tertiary/aromatic N) is 8. The highest BCUT2D eigenvalue weighted by Crippen LogP contribution is 2.45. The van der Waals surface area contributed by atoms with E-state index in [2.05, 4.69) is 20.3 Å². The lowest BCUT2D eigenvalue weighted by molar-refractivity contribution is 0.0556. The number of hydrogen-bond acceptors (Lipinski definition) is 11. The van der Waals surface area contributed by atoms with Crippen LogP contribution >= 0.6 is 11.3 Å². The second-order valence-corrected chi connectivity index (χ2v) is 14.6. The van der Waals surface area contributed by atoms with Crippen molar-refractivity contribution < 1.29 is 13.2 Å². The minimum atomic E-state index is -3.75. The molecular formula is C28H28N10O3S2. The fourth-order valence-electron chi connectivity index (χ4n) is 7.02. The maximum Gasteiger partial charge on any atom is 0.291 e. The summed E-state index contributed by atoms with van der Waals surface area (Å²) in [5.41, 5.74) is 10.9. The van der Waals surface area contributed by atoms with Crippen LogP contribution in [-0.2, 0) is 22.7 Å². The molecule has 5 aromatic rings. The van der Waals surface area contributed by atoms with Crippen LogP contribution in [0.5, 0.6) is 0 Å². The minimum absolute atomic E-state index is 0.000600. The molecule has 0 saturated carbocycles. The molecule has 43 heavy (non-hydrogen) atoms. The number of rotatable bonds is 5. The lowest BCUT2D eigenvalue weighted by Crippen LogP contribution is -2.46. The molecular weight excluding hydrogens is 589 g/mol. The van der Waals surface area contributed by atoms with Crippen LogP contribution in [0.3, 0.4) is 0 Å². The first kappa shape index (κ1) is 26.4. The van der Waals surface area contributed by atoms with Crippen LogP contribution in [0.25, 0.3) is 27.5 Å². The second kappa shape index (κ2) is 9.64. The Kier molecular flexibility index (Phi) is 5.92. The van der Waals surface area contributed by atoms with E-state index >= 15 is 0 Å². The molecule has 3 atom stereocenters. The van der Waals surface area contributed by atoms with Crippen LogP contribution in [0, 0.1) is 0 Å². The van der Waals surface area contributed by atoms with E-state index in [1.807, 2.05) is 17.0 Å². The highest BCUT2D eigenvalue weighted by Gasteiger charge is 2.46. The van der Waals surface area contributed by atoms with Gasteiger partial charge in [-0.2, -0.15) is 14.7 Å². The fraction of sp³-hybridized carbons (Fsp3) is 0.393. The number of sulfone groups is 1. The smallest absolute Gasteiger partial charge is 0.291 e. The Morgan fingerprint density at radius 2 is 1.91 bits per heavy atom. The number of carbonyl (C=O) groups excluding carboxylic acids is 1. The predicted octanol–water partition coefficient (Wildman–Crippen LogP) is 3.06. The second-order valence-electron chi connectivity index (χ2n) is 11.6. The first-order valence-electron chi connectivity index (χ1n) is 14.3. The minimum Gasteiger partial charge on any atom is -0.382 e. The largest absolute Gasteiger partial charge is 0.382 e. The SMILES string of the molecule is CS(=O)(=O)c1c(C2C[C@H]3CC[C@@H](C2)N3C(=O)c2ncn[nH]2)nc2c(-c3ccc(-c4nc5c(s4)CCC5)nc3)cnn2c1N. The van der Waals surface area contributed by atoms with Gasteiger partial charge in [0.05, 0.1) is 23.3 Å². The summed E-state index contributed by atoms with van der Waals surface area (Å²) in [6.07, 6.45) is 11.9. The lowest BCUT2D eigenvalue weighted by Gasteiger charge is -2.38. The molecule has 3 aliphatic rings. The van der Waals surface area contributed by atoms with Crippen molar-refractivity contribution in [2.24, 2.45) is 0 Å². The third kappa shape index (κ3) is 4.24. The number of carbonyl (C=O) groups is 1. The molecule has 13 nitrogen and oxygen atoms in total. The van der Waals surface area contributed by atoms with E-state index in [0.717, 1.165) is 54.6 Å². The number of nitrogens with two attached hydrogens (primary N) is 1. The molecule has 7 heterocycles. The van der Waals surface area contributed by atoms with Gasteiger partial charge in [-0.25, -0.2) is 23.4 Å². The molecule has 220 valence electrons. The van der Waals surface area contributed by atoms with Gasteiger partial charge in [0, 0.05) is 46.5 Å². The van der Waals surface area contributed by atoms with Crippen LogP contribution < -0.4 is 5.73 Å². The number of nitrogen functional groups attached to an aromatic ring is 1. The number of hydrogen-bond donors (Lipinski definition) is 2. The zero-order valence-electron chi connectivity index (χ0n) is 23.3. The number of nitrogens with one attached hydrogen (secondary N) is 1. The Labute approximate surface area is 250 Å². The van der Waals surface area contributed by atoms with Crippen LogP contribution in [0.1, 0.15) is 64.9 Å². The third-order valence-electron chi connectivity index (χ3n) is 8.90. The molecule has 1 aliphatic carbocycles. The van der Waals surface area contributed by atoms with E-state index in [1.54, 1.807) is 23.7 Å². The molecule has 2 aliphatic heterocycles. The molecule has 0 spiro atoms. The van der Waals surface area contributed by atoms with Gasteiger partial charge in [-0.3, -0.25) is 14.9 Å². The summed E-state index contributed by atoms with van der Waals surface area (Å²) < 4.78 is 27.6. The molecule has 0 radical (unpaired) electrons. The molecule has 2 fully saturated rings.